The van der Waals surface area contributed by atoms with E-state index < -0.39 is 23.6 Å². The van der Waals surface area contributed by atoms with Crippen LogP contribution in [0.25, 0.3) is 0 Å². The van der Waals surface area contributed by atoms with Crippen LogP contribution in [0, 0.1) is 0 Å². The Bertz CT molecular complexity index is 432. The lowest BCUT2D eigenvalue weighted by atomic mass is 10.2. The maximum absolute atomic E-state index is 11.5. The highest BCUT2D eigenvalue weighted by atomic mass is 16.6. The van der Waals surface area contributed by atoms with Crippen LogP contribution in [0.2, 0.25) is 0 Å². The molecule has 0 aromatic carbocycles. The Morgan fingerprint density at radius 2 is 1.74 bits per heavy atom. The summed E-state index contributed by atoms with van der Waals surface area (Å²) in [7, 11) is 0. The molecular weight excluding hydrogens is 252 g/mol. The molecule has 0 heterocycles. The van der Waals surface area contributed by atoms with E-state index in [9.17, 15) is 14.4 Å². The van der Waals surface area contributed by atoms with E-state index in [4.69, 9.17) is 9.84 Å². The fourth-order valence-electron chi connectivity index (χ4n) is 0.930. The first-order valence-electron chi connectivity index (χ1n) is 5.46. The summed E-state index contributed by atoms with van der Waals surface area (Å²) in [4.78, 5) is 33.6. The molecule has 0 fully saturated rings. The van der Waals surface area contributed by atoms with Crippen molar-refractivity contribution in [1.82, 2.24) is 10.6 Å². The van der Waals surface area contributed by atoms with E-state index in [1.54, 1.807) is 20.8 Å². The summed E-state index contributed by atoms with van der Waals surface area (Å²) in [6.45, 7) is 9.77. The molecule has 0 bridgehead atoms. The maximum atomic E-state index is 11.5. The van der Waals surface area contributed by atoms with Crippen LogP contribution < -0.4 is 10.6 Å². The summed E-state index contributed by atoms with van der Waals surface area (Å²) in [5.41, 5.74) is -1.33. The number of nitrogens with one attached hydrogen (secondary N) is 2. The van der Waals surface area contributed by atoms with Crippen molar-refractivity contribution in [1.29, 1.82) is 0 Å². The molecule has 0 saturated heterocycles. The van der Waals surface area contributed by atoms with Gasteiger partial charge in [-0.1, -0.05) is 12.7 Å². The average molecular weight is 270 g/mol. The molecule has 0 aliphatic heterocycles. The average Bonchev–Trinajstić information content (AvgIpc) is 2.21. The lowest BCUT2D eigenvalue weighted by Crippen LogP contribution is -2.38. The molecule has 7 nitrogen and oxygen atoms in total. The zero-order chi connectivity index (χ0) is 15.2. The number of aliphatic carboxylic acids is 1. The lowest BCUT2D eigenvalue weighted by Gasteiger charge is -2.20. The third-order valence-electron chi connectivity index (χ3n) is 1.69. The van der Waals surface area contributed by atoms with Gasteiger partial charge in [0.2, 0.25) is 0 Å². The van der Waals surface area contributed by atoms with Gasteiger partial charge in [-0.25, -0.2) is 9.59 Å². The molecule has 0 spiro atoms. The van der Waals surface area contributed by atoms with Gasteiger partial charge in [0, 0.05) is 0 Å². The van der Waals surface area contributed by atoms with E-state index >= 15 is 0 Å². The van der Waals surface area contributed by atoms with Crippen LogP contribution in [0.5, 0.6) is 0 Å². The Morgan fingerprint density at radius 3 is 2.11 bits per heavy atom. The van der Waals surface area contributed by atoms with Crippen molar-refractivity contribution >= 4 is 18.0 Å². The minimum atomic E-state index is -1.29. The topological polar surface area (TPSA) is 105 Å². The minimum Gasteiger partial charge on any atom is -0.477 e. The van der Waals surface area contributed by atoms with Crippen LogP contribution in [0.3, 0.4) is 0 Å². The molecule has 0 rings (SSSR count). The summed E-state index contributed by atoms with van der Waals surface area (Å²) in [6, 6.07) is 0. The zero-order valence-corrected chi connectivity index (χ0v) is 11.4. The molecule has 3 N–H and O–H groups in total. The summed E-state index contributed by atoms with van der Waals surface area (Å²) >= 11 is 0. The molecule has 0 aliphatic carbocycles. The quantitative estimate of drug-likeness (QED) is 0.664. The van der Waals surface area contributed by atoms with Gasteiger partial charge in [0.15, 0.2) is 0 Å². The third-order valence-corrected chi connectivity index (χ3v) is 1.69. The Kier molecular flexibility index (Phi) is 5.78. The standard InChI is InChI=1S/C12H18N2O5/c1-6-8(10(16)17)14-9(15)7(2)13-11(18)19-12(3,4)5/h6H,2H2,1,3-5H3,(H,13,18)(H,14,15)(H,16,17)/b8-6-. The van der Waals surface area contributed by atoms with Crippen molar-refractivity contribution in [2.45, 2.75) is 33.3 Å². The van der Waals surface area contributed by atoms with Crippen LogP contribution in [0.15, 0.2) is 24.0 Å². The van der Waals surface area contributed by atoms with Crippen molar-refractivity contribution < 1.29 is 24.2 Å². The van der Waals surface area contributed by atoms with Gasteiger partial charge in [0.25, 0.3) is 5.91 Å². The largest absolute Gasteiger partial charge is 0.477 e. The van der Waals surface area contributed by atoms with Crippen LogP contribution >= 0.6 is 0 Å². The molecular formula is C12H18N2O5. The van der Waals surface area contributed by atoms with Crippen molar-refractivity contribution in [2.24, 2.45) is 0 Å². The van der Waals surface area contributed by atoms with E-state index in [-0.39, 0.29) is 11.4 Å². The highest BCUT2D eigenvalue weighted by Gasteiger charge is 2.19. The Morgan fingerprint density at radius 1 is 1.21 bits per heavy atom. The monoisotopic (exact) mass is 270 g/mol. The van der Waals surface area contributed by atoms with Gasteiger partial charge >= 0.3 is 12.1 Å². The molecule has 0 atom stereocenters. The molecule has 0 unspecified atom stereocenters. The second-order valence-corrected chi connectivity index (χ2v) is 4.57. The number of allylic oxidation sites excluding steroid dienone is 1. The Labute approximate surface area is 111 Å². The summed E-state index contributed by atoms with van der Waals surface area (Å²) < 4.78 is 4.92. The SMILES string of the molecule is C=C(NC(=O)OC(C)(C)C)C(=O)N/C(=C\C)C(=O)O. The van der Waals surface area contributed by atoms with E-state index in [1.165, 1.54) is 13.0 Å². The number of carboxylic acids is 1. The number of hydrogen-bond acceptors (Lipinski definition) is 4. The number of ether oxygens (including phenoxy) is 1. The second kappa shape index (κ2) is 6.58. The molecule has 0 aromatic heterocycles. The van der Waals surface area contributed by atoms with Gasteiger partial charge in [-0.15, -0.1) is 0 Å². The van der Waals surface area contributed by atoms with E-state index in [0.717, 1.165) is 0 Å². The first-order valence-corrected chi connectivity index (χ1v) is 5.46. The van der Waals surface area contributed by atoms with E-state index in [0.29, 0.717) is 0 Å². The molecule has 0 aromatic rings. The van der Waals surface area contributed by atoms with Gasteiger partial charge in [-0.2, -0.15) is 0 Å². The summed E-state index contributed by atoms with van der Waals surface area (Å²) in [5.74, 6) is -2.12. The maximum Gasteiger partial charge on any atom is 0.412 e. The molecule has 0 aliphatic rings. The number of carbonyl (C=O) groups is 3. The molecule has 2 amide bonds. The van der Waals surface area contributed by atoms with Crippen LogP contribution in [-0.4, -0.2) is 28.7 Å². The number of alkyl carbamates (subject to hydrolysis) is 1. The first-order chi connectivity index (χ1) is 8.56. The third kappa shape index (κ3) is 6.87. The molecule has 106 valence electrons. The van der Waals surface area contributed by atoms with Crippen LogP contribution in [-0.2, 0) is 14.3 Å². The van der Waals surface area contributed by atoms with Crippen LogP contribution in [0.4, 0.5) is 4.79 Å². The predicted octanol–water partition coefficient (Wildman–Crippen LogP) is 1.13. The molecule has 0 saturated carbocycles. The highest BCUT2D eigenvalue weighted by molar-refractivity contribution is 6.01. The Balaban J connectivity index is 4.48. The molecule has 19 heavy (non-hydrogen) atoms. The fraction of sp³-hybridized carbons (Fsp3) is 0.417. The molecule has 7 heteroatoms. The smallest absolute Gasteiger partial charge is 0.412 e. The van der Waals surface area contributed by atoms with Crippen molar-refractivity contribution in [3.05, 3.63) is 24.0 Å². The lowest BCUT2D eigenvalue weighted by molar-refractivity contribution is -0.134. The zero-order valence-electron chi connectivity index (χ0n) is 11.4. The Hall–Kier alpha value is -2.31. The first kappa shape index (κ1) is 16.7. The van der Waals surface area contributed by atoms with E-state index in [1.807, 2.05) is 0 Å². The van der Waals surface area contributed by atoms with Gasteiger partial charge in [-0.05, 0) is 27.7 Å². The van der Waals surface area contributed by atoms with Gasteiger partial charge < -0.3 is 15.2 Å². The fourth-order valence-corrected chi connectivity index (χ4v) is 0.930. The second-order valence-electron chi connectivity index (χ2n) is 4.57. The number of amides is 2. The minimum absolute atomic E-state index is 0.308. The molecule has 0 radical (unpaired) electrons. The summed E-state index contributed by atoms with van der Waals surface area (Å²) in [5, 5.41) is 12.9. The van der Waals surface area contributed by atoms with Crippen molar-refractivity contribution in [3.8, 4) is 0 Å². The number of hydrogen-bond donors (Lipinski definition) is 3. The number of rotatable bonds is 4. The normalized spacial score (nSPS) is 11.5. The van der Waals surface area contributed by atoms with Gasteiger partial charge in [0.05, 0.1) is 0 Å². The van der Waals surface area contributed by atoms with Gasteiger partial charge in [0.1, 0.15) is 17.0 Å². The van der Waals surface area contributed by atoms with E-state index in [2.05, 4.69) is 17.2 Å². The van der Waals surface area contributed by atoms with Crippen LogP contribution in [0.1, 0.15) is 27.7 Å². The highest BCUT2D eigenvalue weighted by Crippen LogP contribution is 2.07. The number of carboxylic acid groups (broad SMARTS) is 1. The predicted molar refractivity (Wildman–Crippen MR) is 68.0 cm³/mol. The van der Waals surface area contributed by atoms with Crippen molar-refractivity contribution in [3.63, 3.8) is 0 Å². The van der Waals surface area contributed by atoms with Crippen molar-refractivity contribution in [2.75, 3.05) is 0 Å². The number of carbonyl (C=O) groups excluding carboxylic acids is 2. The summed E-state index contributed by atoms with van der Waals surface area (Å²) in [6.07, 6.45) is 0.367. The van der Waals surface area contributed by atoms with Gasteiger partial charge in [-0.3, -0.25) is 10.1 Å².